The molecule has 0 saturated heterocycles. The highest BCUT2D eigenvalue weighted by Gasteiger charge is 2.21. The number of nitriles is 1. The van der Waals surface area contributed by atoms with E-state index in [9.17, 15) is 5.11 Å². The van der Waals surface area contributed by atoms with Crippen molar-refractivity contribution in [2.24, 2.45) is 5.92 Å². The van der Waals surface area contributed by atoms with Crippen LogP contribution in [0.5, 0.6) is 11.5 Å². The van der Waals surface area contributed by atoms with Crippen LogP contribution in [-0.4, -0.2) is 18.3 Å². The van der Waals surface area contributed by atoms with Crippen molar-refractivity contribution >= 4 is 11.6 Å². The second-order valence-corrected chi connectivity index (χ2v) is 4.65. The molecule has 0 fully saturated rings. The summed E-state index contributed by atoms with van der Waals surface area (Å²) in [6.45, 7) is 2.77. The molecule has 1 aliphatic heterocycles. The average molecular weight is 268 g/mol. The van der Waals surface area contributed by atoms with Crippen LogP contribution in [0.2, 0.25) is 5.02 Å². The maximum Gasteiger partial charge on any atom is 0.179 e. The maximum absolute atomic E-state index is 10.0. The topological polar surface area (TPSA) is 62.5 Å². The molecule has 4 nitrogen and oxygen atoms in total. The zero-order valence-electron chi connectivity index (χ0n) is 10.0. The lowest BCUT2D eigenvalue weighted by molar-refractivity contribution is 0.142. The lowest BCUT2D eigenvalue weighted by Crippen LogP contribution is -2.07. The quantitative estimate of drug-likeness (QED) is 0.895. The van der Waals surface area contributed by atoms with E-state index < -0.39 is 12.0 Å². The minimum atomic E-state index is -0.885. The number of hydrogen-bond acceptors (Lipinski definition) is 4. The highest BCUT2D eigenvalue weighted by Crippen LogP contribution is 2.40. The number of fused-ring (bicyclic) bond motifs is 1. The molecule has 1 aromatic carbocycles. The van der Waals surface area contributed by atoms with Crippen molar-refractivity contribution in [3.63, 3.8) is 0 Å². The van der Waals surface area contributed by atoms with Gasteiger partial charge >= 0.3 is 0 Å². The second kappa shape index (κ2) is 5.47. The standard InChI is InChI=1S/C13H14ClNO3/c1-8(7-15)12(16)9-5-10(14)13-11(6-9)17-3-2-4-18-13/h5-6,8,12,16H,2-4H2,1H3. The molecular weight excluding hydrogens is 254 g/mol. The fourth-order valence-electron chi connectivity index (χ4n) is 1.78. The van der Waals surface area contributed by atoms with E-state index in [1.165, 1.54) is 0 Å². The summed E-state index contributed by atoms with van der Waals surface area (Å²) in [6, 6.07) is 5.31. The molecule has 1 aromatic rings. The first kappa shape index (κ1) is 13.0. The van der Waals surface area contributed by atoms with Gasteiger partial charge in [0.1, 0.15) is 0 Å². The number of ether oxygens (including phenoxy) is 2. The summed E-state index contributed by atoms with van der Waals surface area (Å²) < 4.78 is 11.0. The minimum absolute atomic E-state index is 0.397. The number of hydrogen-bond donors (Lipinski definition) is 1. The molecule has 5 heteroatoms. The second-order valence-electron chi connectivity index (χ2n) is 4.24. The normalized spacial score (nSPS) is 17.4. The number of aliphatic hydroxyl groups excluding tert-OH is 1. The molecule has 0 aliphatic carbocycles. The Morgan fingerprint density at radius 3 is 2.83 bits per heavy atom. The number of halogens is 1. The molecule has 1 heterocycles. The van der Waals surface area contributed by atoms with Crippen LogP contribution in [0.25, 0.3) is 0 Å². The van der Waals surface area contributed by atoms with Crippen LogP contribution in [0.4, 0.5) is 0 Å². The molecule has 2 atom stereocenters. The van der Waals surface area contributed by atoms with Gasteiger partial charge in [0.05, 0.1) is 36.3 Å². The van der Waals surface area contributed by atoms with Gasteiger partial charge < -0.3 is 14.6 Å². The molecule has 1 N–H and O–H groups in total. The van der Waals surface area contributed by atoms with Crippen molar-refractivity contribution in [2.75, 3.05) is 13.2 Å². The molecule has 1 aliphatic rings. The summed E-state index contributed by atoms with van der Waals surface area (Å²) in [7, 11) is 0. The van der Waals surface area contributed by atoms with Crippen LogP contribution < -0.4 is 9.47 Å². The van der Waals surface area contributed by atoms with Gasteiger partial charge in [-0.25, -0.2) is 0 Å². The van der Waals surface area contributed by atoms with E-state index in [4.69, 9.17) is 26.3 Å². The molecule has 2 rings (SSSR count). The molecule has 0 aromatic heterocycles. The van der Waals surface area contributed by atoms with Crippen molar-refractivity contribution in [3.8, 4) is 17.6 Å². The molecule has 0 spiro atoms. The van der Waals surface area contributed by atoms with Crippen molar-refractivity contribution in [2.45, 2.75) is 19.4 Å². The summed E-state index contributed by atoms with van der Waals surface area (Å²) in [5, 5.41) is 19.2. The summed E-state index contributed by atoms with van der Waals surface area (Å²) in [6.07, 6.45) is -0.0954. The van der Waals surface area contributed by atoms with Crippen LogP contribution in [-0.2, 0) is 0 Å². The summed E-state index contributed by atoms with van der Waals surface area (Å²) in [4.78, 5) is 0. The Balaban J connectivity index is 2.38. The van der Waals surface area contributed by atoms with Crippen molar-refractivity contribution in [1.82, 2.24) is 0 Å². The number of aliphatic hydroxyl groups is 1. The van der Waals surface area contributed by atoms with E-state index in [2.05, 4.69) is 0 Å². The average Bonchev–Trinajstić information content (AvgIpc) is 2.62. The molecule has 0 amide bonds. The third-order valence-electron chi connectivity index (χ3n) is 2.84. The van der Waals surface area contributed by atoms with E-state index in [-0.39, 0.29) is 0 Å². The monoisotopic (exact) mass is 267 g/mol. The van der Waals surface area contributed by atoms with Crippen LogP contribution in [0, 0.1) is 17.2 Å². The lowest BCUT2D eigenvalue weighted by Gasteiger charge is -2.16. The molecule has 0 bridgehead atoms. The minimum Gasteiger partial charge on any atom is -0.489 e. The highest BCUT2D eigenvalue weighted by molar-refractivity contribution is 6.32. The van der Waals surface area contributed by atoms with Gasteiger partial charge in [-0.2, -0.15) is 5.26 Å². The Kier molecular flexibility index (Phi) is 3.95. The predicted molar refractivity (Wildman–Crippen MR) is 66.8 cm³/mol. The molecule has 0 saturated carbocycles. The largest absolute Gasteiger partial charge is 0.489 e. The molecule has 96 valence electrons. The first-order valence-corrected chi connectivity index (χ1v) is 6.18. The smallest absolute Gasteiger partial charge is 0.179 e. The SMILES string of the molecule is CC(C#N)C(O)c1cc(Cl)c2c(c1)OCCCO2. The van der Waals surface area contributed by atoms with Crippen LogP contribution >= 0.6 is 11.6 Å². The zero-order valence-corrected chi connectivity index (χ0v) is 10.8. The van der Waals surface area contributed by atoms with Crippen molar-refractivity contribution in [1.29, 1.82) is 5.26 Å². The van der Waals surface area contributed by atoms with Crippen LogP contribution in [0.1, 0.15) is 25.0 Å². The van der Waals surface area contributed by atoms with Crippen molar-refractivity contribution < 1.29 is 14.6 Å². The Labute approximate surface area is 111 Å². The van der Waals surface area contributed by atoms with Gasteiger partial charge in [-0.05, 0) is 24.6 Å². The first-order chi connectivity index (χ1) is 8.63. The summed E-state index contributed by atoms with van der Waals surface area (Å²) in [5.41, 5.74) is 0.568. The maximum atomic E-state index is 10.0. The number of benzene rings is 1. The van der Waals surface area contributed by atoms with Gasteiger partial charge in [-0.1, -0.05) is 11.6 Å². The van der Waals surface area contributed by atoms with E-state index in [1.807, 2.05) is 6.07 Å². The highest BCUT2D eigenvalue weighted by atomic mass is 35.5. The van der Waals surface area contributed by atoms with Crippen LogP contribution in [0.3, 0.4) is 0 Å². The fraction of sp³-hybridized carbons (Fsp3) is 0.462. The van der Waals surface area contributed by atoms with Gasteiger partial charge in [0.2, 0.25) is 0 Å². The van der Waals surface area contributed by atoms with Gasteiger partial charge in [0, 0.05) is 6.42 Å². The Morgan fingerprint density at radius 2 is 2.11 bits per heavy atom. The Bertz CT molecular complexity index is 484. The summed E-state index contributed by atoms with van der Waals surface area (Å²) >= 11 is 6.11. The van der Waals surface area contributed by atoms with Gasteiger partial charge in [0.15, 0.2) is 11.5 Å². The molecule has 0 radical (unpaired) electrons. The Hall–Kier alpha value is -1.44. The van der Waals surface area contributed by atoms with Crippen molar-refractivity contribution in [3.05, 3.63) is 22.7 Å². The summed E-state index contributed by atoms with van der Waals surface area (Å²) in [5.74, 6) is 0.528. The lowest BCUT2D eigenvalue weighted by atomic mass is 9.98. The van der Waals surface area contributed by atoms with Gasteiger partial charge in [0.25, 0.3) is 0 Å². The first-order valence-electron chi connectivity index (χ1n) is 5.80. The third kappa shape index (κ3) is 2.53. The van der Waals surface area contributed by atoms with Crippen LogP contribution in [0.15, 0.2) is 12.1 Å². The fourth-order valence-corrected chi connectivity index (χ4v) is 2.05. The third-order valence-corrected chi connectivity index (χ3v) is 3.12. The number of rotatable bonds is 2. The zero-order chi connectivity index (χ0) is 13.1. The molecule has 18 heavy (non-hydrogen) atoms. The van der Waals surface area contributed by atoms with E-state index >= 15 is 0 Å². The Morgan fingerprint density at radius 1 is 1.39 bits per heavy atom. The van der Waals surface area contributed by atoms with E-state index in [0.717, 1.165) is 6.42 Å². The molecule has 2 unspecified atom stereocenters. The van der Waals surface area contributed by atoms with Gasteiger partial charge in [-0.15, -0.1) is 0 Å². The predicted octanol–water partition coefficient (Wildman–Crippen LogP) is 2.69. The molecular formula is C13H14ClNO3. The van der Waals surface area contributed by atoms with E-state index in [0.29, 0.717) is 35.3 Å². The van der Waals surface area contributed by atoms with Gasteiger partial charge in [-0.3, -0.25) is 0 Å². The van der Waals surface area contributed by atoms with E-state index in [1.54, 1.807) is 19.1 Å². The number of nitrogens with zero attached hydrogens (tertiary/aromatic N) is 1.